The number of phenolic OH excluding ortho intramolecular Hbond substituents is 1. The Morgan fingerprint density at radius 1 is 0.655 bits per heavy atom. The molecule has 0 heterocycles. The second-order valence-electron chi connectivity index (χ2n) is 6.60. The van der Waals surface area contributed by atoms with E-state index in [9.17, 15) is 5.11 Å². The third-order valence-corrected chi connectivity index (χ3v) is 5.11. The molecule has 4 aromatic carbocycles. The third-order valence-electron chi connectivity index (χ3n) is 5.11. The molecule has 5 nitrogen and oxygen atoms in total. The molecule has 29 heavy (non-hydrogen) atoms. The molecule has 0 unspecified atom stereocenters. The van der Waals surface area contributed by atoms with E-state index in [-0.39, 0.29) is 5.75 Å². The van der Waals surface area contributed by atoms with Crippen LogP contribution in [0.1, 0.15) is 0 Å². The number of fused-ring (bicyclic) bond motifs is 2. The number of hydrogen-bond acceptors (Lipinski definition) is 5. The van der Waals surface area contributed by atoms with E-state index < -0.39 is 0 Å². The summed E-state index contributed by atoms with van der Waals surface area (Å²) >= 11 is 0. The number of methoxy groups -OCH3 is 4. The molecule has 5 heteroatoms. The fourth-order valence-electron chi connectivity index (χ4n) is 3.88. The van der Waals surface area contributed by atoms with Crippen molar-refractivity contribution >= 4 is 21.5 Å². The maximum Gasteiger partial charge on any atom is 0.203 e. The van der Waals surface area contributed by atoms with Crippen molar-refractivity contribution in [1.29, 1.82) is 0 Å². The van der Waals surface area contributed by atoms with Gasteiger partial charge in [-0.1, -0.05) is 30.3 Å². The van der Waals surface area contributed by atoms with Crippen molar-refractivity contribution in [1.82, 2.24) is 0 Å². The van der Waals surface area contributed by atoms with Crippen LogP contribution in [0.25, 0.3) is 32.7 Å². The maximum absolute atomic E-state index is 10.5. The average molecular weight is 390 g/mol. The molecule has 0 fully saturated rings. The van der Waals surface area contributed by atoms with E-state index in [1.165, 1.54) is 0 Å². The van der Waals surface area contributed by atoms with Crippen molar-refractivity contribution in [3.05, 3.63) is 54.6 Å². The van der Waals surface area contributed by atoms with Crippen LogP contribution < -0.4 is 18.9 Å². The summed E-state index contributed by atoms with van der Waals surface area (Å²) in [5.74, 6) is 2.39. The summed E-state index contributed by atoms with van der Waals surface area (Å²) in [6.07, 6.45) is 0. The van der Waals surface area contributed by atoms with Gasteiger partial charge in [0.15, 0.2) is 11.5 Å². The maximum atomic E-state index is 10.5. The van der Waals surface area contributed by atoms with Crippen molar-refractivity contribution in [2.75, 3.05) is 28.4 Å². The largest absolute Gasteiger partial charge is 0.508 e. The second kappa shape index (κ2) is 7.43. The predicted molar refractivity (Wildman–Crippen MR) is 115 cm³/mol. The zero-order chi connectivity index (χ0) is 20.5. The van der Waals surface area contributed by atoms with Crippen LogP contribution >= 0.6 is 0 Å². The van der Waals surface area contributed by atoms with Gasteiger partial charge in [0.1, 0.15) is 11.5 Å². The molecule has 4 rings (SSSR count). The van der Waals surface area contributed by atoms with Gasteiger partial charge in [0.05, 0.1) is 28.4 Å². The van der Waals surface area contributed by atoms with Crippen molar-refractivity contribution in [2.24, 2.45) is 0 Å². The molecule has 0 radical (unpaired) electrons. The predicted octanol–water partition coefficient (Wildman–Crippen LogP) is 5.40. The Morgan fingerprint density at radius 2 is 1.38 bits per heavy atom. The summed E-state index contributed by atoms with van der Waals surface area (Å²) in [5, 5.41) is 14.2. The minimum atomic E-state index is 0.136. The quantitative estimate of drug-likeness (QED) is 0.494. The number of rotatable bonds is 5. The lowest BCUT2D eigenvalue weighted by Crippen LogP contribution is -1.98. The molecule has 0 atom stereocenters. The monoisotopic (exact) mass is 390 g/mol. The Bertz CT molecular complexity index is 1210. The molecule has 0 aromatic heterocycles. The number of aromatic hydroxyl groups is 1. The molecular weight excluding hydrogens is 368 g/mol. The van der Waals surface area contributed by atoms with Gasteiger partial charge in [0.2, 0.25) is 5.75 Å². The van der Waals surface area contributed by atoms with Gasteiger partial charge in [-0.2, -0.15) is 0 Å². The first kappa shape index (κ1) is 18.7. The molecule has 0 amide bonds. The van der Waals surface area contributed by atoms with Gasteiger partial charge in [0.25, 0.3) is 0 Å². The molecule has 0 saturated carbocycles. The molecule has 0 aliphatic heterocycles. The van der Waals surface area contributed by atoms with Gasteiger partial charge in [0, 0.05) is 16.5 Å². The normalized spacial score (nSPS) is 10.9. The van der Waals surface area contributed by atoms with Gasteiger partial charge in [-0.15, -0.1) is 0 Å². The van der Waals surface area contributed by atoms with E-state index in [0.29, 0.717) is 23.0 Å². The average Bonchev–Trinajstić information content (AvgIpc) is 2.76. The van der Waals surface area contributed by atoms with Gasteiger partial charge < -0.3 is 24.1 Å². The Morgan fingerprint density at radius 3 is 2.07 bits per heavy atom. The van der Waals surface area contributed by atoms with Crippen LogP contribution in [-0.2, 0) is 0 Å². The smallest absolute Gasteiger partial charge is 0.203 e. The van der Waals surface area contributed by atoms with Crippen LogP contribution in [0.4, 0.5) is 0 Å². The lowest BCUT2D eigenvalue weighted by molar-refractivity contribution is 0.327. The Balaban J connectivity index is 2.22. The summed E-state index contributed by atoms with van der Waals surface area (Å²) in [7, 11) is 6.37. The van der Waals surface area contributed by atoms with Crippen LogP contribution in [0.15, 0.2) is 54.6 Å². The van der Waals surface area contributed by atoms with E-state index in [4.69, 9.17) is 18.9 Å². The van der Waals surface area contributed by atoms with Gasteiger partial charge in [-0.25, -0.2) is 0 Å². The molecule has 0 aliphatic rings. The van der Waals surface area contributed by atoms with Crippen LogP contribution in [0.3, 0.4) is 0 Å². The summed E-state index contributed by atoms with van der Waals surface area (Å²) < 4.78 is 22.5. The fourth-order valence-corrected chi connectivity index (χ4v) is 3.88. The number of phenols is 1. The lowest BCUT2D eigenvalue weighted by Gasteiger charge is -2.19. The fraction of sp³-hybridized carbons (Fsp3) is 0.167. The summed E-state index contributed by atoms with van der Waals surface area (Å²) in [6.45, 7) is 0. The molecule has 0 saturated heterocycles. The van der Waals surface area contributed by atoms with Crippen molar-refractivity contribution in [3.8, 4) is 39.9 Å². The van der Waals surface area contributed by atoms with Gasteiger partial charge in [-0.05, 0) is 40.4 Å². The Hall–Kier alpha value is -3.60. The first-order valence-corrected chi connectivity index (χ1v) is 9.14. The SMILES string of the molecule is COc1cc2cc(O)cc(-c3c(OC)ccc4ccccc34)c2c(OC)c1OC. The van der Waals surface area contributed by atoms with Crippen LogP contribution in [-0.4, -0.2) is 33.5 Å². The number of ether oxygens (including phenoxy) is 4. The zero-order valence-electron chi connectivity index (χ0n) is 16.8. The van der Waals surface area contributed by atoms with E-state index in [1.54, 1.807) is 40.6 Å². The van der Waals surface area contributed by atoms with E-state index in [0.717, 1.165) is 32.7 Å². The second-order valence-corrected chi connectivity index (χ2v) is 6.60. The molecule has 0 bridgehead atoms. The highest BCUT2D eigenvalue weighted by Gasteiger charge is 2.22. The highest BCUT2D eigenvalue weighted by atomic mass is 16.5. The number of benzene rings is 4. The molecule has 0 aliphatic carbocycles. The van der Waals surface area contributed by atoms with Gasteiger partial charge >= 0.3 is 0 Å². The third kappa shape index (κ3) is 2.95. The standard InChI is InChI=1S/C24H22O5/c1-26-19-10-9-14-7-5-6-8-17(14)22(19)18-13-16(25)11-15-12-20(27-2)23(28-3)24(29-4)21(15)18/h5-13,25H,1-4H3. The highest BCUT2D eigenvalue weighted by molar-refractivity contribution is 6.11. The minimum Gasteiger partial charge on any atom is -0.508 e. The number of hydrogen-bond donors (Lipinski definition) is 1. The summed E-state index contributed by atoms with van der Waals surface area (Å²) in [5.41, 5.74) is 1.66. The summed E-state index contributed by atoms with van der Waals surface area (Å²) in [4.78, 5) is 0. The van der Waals surface area contributed by atoms with E-state index in [2.05, 4.69) is 0 Å². The van der Waals surface area contributed by atoms with Crippen molar-refractivity contribution in [3.63, 3.8) is 0 Å². The van der Waals surface area contributed by atoms with E-state index in [1.807, 2.05) is 42.5 Å². The highest BCUT2D eigenvalue weighted by Crippen LogP contribution is 2.50. The lowest BCUT2D eigenvalue weighted by atomic mass is 9.92. The van der Waals surface area contributed by atoms with E-state index >= 15 is 0 Å². The van der Waals surface area contributed by atoms with Crippen LogP contribution in [0.5, 0.6) is 28.7 Å². The Kier molecular flexibility index (Phi) is 4.80. The first-order valence-electron chi connectivity index (χ1n) is 9.14. The topological polar surface area (TPSA) is 57.2 Å². The Labute approximate surface area is 169 Å². The summed E-state index contributed by atoms with van der Waals surface area (Å²) in [6, 6.07) is 17.2. The molecule has 4 aromatic rings. The molecule has 0 spiro atoms. The first-order chi connectivity index (χ1) is 14.1. The van der Waals surface area contributed by atoms with Crippen molar-refractivity contribution in [2.45, 2.75) is 0 Å². The zero-order valence-corrected chi connectivity index (χ0v) is 16.8. The minimum absolute atomic E-state index is 0.136. The van der Waals surface area contributed by atoms with Crippen LogP contribution in [0.2, 0.25) is 0 Å². The molecule has 1 N–H and O–H groups in total. The van der Waals surface area contributed by atoms with Crippen LogP contribution in [0, 0.1) is 0 Å². The van der Waals surface area contributed by atoms with Gasteiger partial charge in [-0.3, -0.25) is 0 Å². The van der Waals surface area contributed by atoms with Crippen molar-refractivity contribution < 1.29 is 24.1 Å². The molecule has 148 valence electrons. The molecular formula is C24H22O5.